The molecule has 1 aliphatic heterocycles. The summed E-state index contributed by atoms with van der Waals surface area (Å²) < 4.78 is 26.4. The summed E-state index contributed by atoms with van der Waals surface area (Å²) in [5.74, 6) is -1.45. The molecule has 126 valence electrons. The van der Waals surface area contributed by atoms with Gasteiger partial charge in [0.25, 0.3) is 5.91 Å². The van der Waals surface area contributed by atoms with Crippen LogP contribution in [-0.2, 0) is 0 Å². The third-order valence-electron chi connectivity index (χ3n) is 4.05. The van der Waals surface area contributed by atoms with E-state index < -0.39 is 11.6 Å². The molecule has 1 fully saturated rings. The highest BCUT2D eigenvalue weighted by molar-refractivity contribution is 7.99. The minimum Gasteiger partial charge on any atom is -0.338 e. The first kappa shape index (κ1) is 17.2. The van der Waals surface area contributed by atoms with Gasteiger partial charge in [-0.2, -0.15) is 11.8 Å². The van der Waals surface area contributed by atoms with Crippen molar-refractivity contribution in [1.29, 1.82) is 0 Å². The van der Waals surface area contributed by atoms with Crippen molar-refractivity contribution in [3.63, 3.8) is 0 Å². The molecule has 0 radical (unpaired) electrons. The number of hydrogen-bond acceptors (Lipinski definition) is 2. The van der Waals surface area contributed by atoms with Gasteiger partial charge in [-0.15, -0.1) is 0 Å². The highest BCUT2D eigenvalue weighted by Crippen LogP contribution is 2.37. The van der Waals surface area contributed by atoms with Crippen molar-refractivity contribution < 1.29 is 13.6 Å². The van der Waals surface area contributed by atoms with Crippen molar-refractivity contribution in [1.82, 2.24) is 4.90 Å². The van der Waals surface area contributed by atoms with Gasteiger partial charge in [0.2, 0.25) is 0 Å². The molecule has 6 heteroatoms. The molecule has 0 N–H and O–H groups in total. The van der Waals surface area contributed by atoms with Crippen LogP contribution in [0, 0.1) is 11.6 Å². The number of carbonyl (C=O) groups excluding carboxylic acids is 1. The maximum absolute atomic E-state index is 13.4. The molecule has 1 unspecified atom stereocenters. The van der Waals surface area contributed by atoms with E-state index in [0.29, 0.717) is 13.1 Å². The van der Waals surface area contributed by atoms with Gasteiger partial charge < -0.3 is 4.90 Å². The number of benzene rings is 2. The fourth-order valence-electron chi connectivity index (χ4n) is 2.77. The van der Waals surface area contributed by atoms with Gasteiger partial charge in [-0.05, 0) is 36.2 Å². The number of rotatable bonds is 2. The lowest BCUT2D eigenvalue weighted by Gasteiger charge is -2.20. The van der Waals surface area contributed by atoms with Crippen LogP contribution in [0.5, 0.6) is 0 Å². The summed E-state index contributed by atoms with van der Waals surface area (Å²) in [6.45, 7) is 1.13. The average Bonchev–Trinajstić information content (AvgIpc) is 2.83. The van der Waals surface area contributed by atoms with Crippen molar-refractivity contribution >= 4 is 29.3 Å². The van der Waals surface area contributed by atoms with Gasteiger partial charge in [0.15, 0.2) is 11.6 Å². The summed E-state index contributed by atoms with van der Waals surface area (Å²) in [6.07, 6.45) is 0.768. The summed E-state index contributed by atoms with van der Waals surface area (Å²) in [4.78, 5) is 14.2. The Kier molecular flexibility index (Phi) is 5.41. The molecule has 1 atom stereocenters. The number of thioether (sulfide) groups is 1. The van der Waals surface area contributed by atoms with Crippen LogP contribution in [0.25, 0.3) is 0 Å². The quantitative estimate of drug-likeness (QED) is 0.749. The Morgan fingerprint density at radius 3 is 2.67 bits per heavy atom. The summed E-state index contributed by atoms with van der Waals surface area (Å²) in [5.41, 5.74) is 1.25. The second-order valence-electron chi connectivity index (χ2n) is 5.59. The van der Waals surface area contributed by atoms with Gasteiger partial charge in [0.1, 0.15) is 0 Å². The molecule has 2 aromatic rings. The van der Waals surface area contributed by atoms with Crippen LogP contribution < -0.4 is 0 Å². The zero-order valence-electron chi connectivity index (χ0n) is 12.8. The van der Waals surface area contributed by atoms with Crippen LogP contribution in [0.2, 0.25) is 5.02 Å². The van der Waals surface area contributed by atoms with Gasteiger partial charge in [0.05, 0.1) is 0 Å². The predicted octanol–water partition coefficient (Wildman–Crippen LogP) is 4.94. The van der Waals surface area contributed by atoms with Crippen LogP contribution in [0.15, 0.2) is 42.5 Å². The molecule has 2 nitrogen and oxygen atoms in total. The van der Waals surface area contributed by atoms with Crippen LogP contribution >= 0.6 is 23.4 Å². The molecule has 1 heterocycles. The predicted molar refractivity (Wildman–Crippen MR) is 93.5 cm³/mol. The van der Waals surface area contributed by atoms with Crippen LogP contribution in [0.4, 0.5) is 8.78 Å². The zero-order chi connectivity index (χ0) is 17.1. The number of carbonyl (C=O) groups is 1. The molecule has 24 heavy (non-hydrogen) atoms. The summed E-state index contributed by atoms with van der Waals surface area (Å²) >= 11 is 8.03. The highest BCUT2D eigenvalue weighted by Gasteiger charge is 2.24. The number of amides is 1. The molecular weight excluding hydrogens is 352 g/mol. The molecule has 0 aromatic heterocycles. The molecule has 1 saturated heterocycles. The van der Waals surface area contributed by atoms with E-state index in [4.69, 9.17) is 11.6 Å². The van der Waals surface area contributed by atoms with Crippen molar-refractivity contribution in [2.75, 3.05) is 18.8 Å². The standard InChI is InChI=1S/C18H16ClF2NOS/c19-14-4-2-1-3-13(14)17-7-8-22(9-10-24-17)18(23)12-5-6-15(20)16(21)11-12/h1-6,11,17H,7-10H2. The van der Waals surface area contributed by atoms with E-state index in [1.807, 2.05) is 24.3 Å². The molecule has 1 amide bonds. The summed E-state index contributed by atoms with van der Waals surface area (Å²) in [6, 6.07) is 11.0. The number of hydrogen-bond donors (Lipinski definition) is 0. The maximum Gasteiger partial charge on any atom is 0.253 e. The van der Waals surface area contributed by atoms with Crippen molar-refractivity contribution in [2.24, 2.45) is 0 Å². The van der Waals surface area contributed by atoms with E-state index in [1.165, 1.54) is 6.07 Å². The zero-order valence-corrected chi connectivity index (χ0v) is 14.4. The van der Waals surface area contributed by atoms with Crippen molar-refractivity contribution in [2.45, 2.75) is 11.7 Å². The highest BCUT2D eigenvalue weighted by atomic mass is 35.5. The van der Waals surface area contributed by atoms with Crippen LogP contribution in [-0.4, -0.2) is 29.6 Å². The molecule has 2 aromatic carbocycles. The number of halogens is 3. The Labute approximate surface area is 148 Å². The van der Waals surface area contributed by atoms with E-state index in [1.54, 1.807) is 16.7 Å². The smallest absolute Gasteiger partial charge is 0.253 e. The molecule has 0 aliphatic carbocycles. The third-order valence-corrected chi connectivity index (χ3v) is 5.70. The van der Waals surface area contributed by atoms with Gasteiger partial charge in [-0.1, -0.05) is 29.8 Å². The van der Waals surface area contributed by atoms with E-state index in [0.717, 1.165) is 34.9 Å². The normalized spacial score (nSPS) is 18.3. The Hall–Kier alpha value is -1.59. The molecule has 0 spiro atoms. The summed E-state index contributed by atoms with van der Waals surface area (Å²) in [7, 11) is 0. The number of nitrogens with zero attached hydrogens (tertiary/aromatic N) is 1. The lowest BCUT2D eigenvalue weighted by Crippen LogP contribution is -2.33. The molecule has 1 aliphatic rings. The molecule has 3 rings (SSSR count). The first-order chi connectivity index (χ1) is 11.6. The first-order valence-electron chi connectivity index (χ1n) is 7.66. The van der Waals surface area contributed by atoms with Gasteiger partial charge in [-0.3, -0.25) is 4.79 Å². The Bertz CT molecular complexity index is 756. The molecule has 0 saturated carbocycles. The minimum atomic E-state index is -1.00. The first-order valence-corrected chi connectivity index (χ1v) is 9.09. The topological polar surface area (TPSA) is 20.3 Å². The molecule has 0 bridgehead atoms. The van der Waals surface area contributed by atoms with E-state index >= 15 is 0 Å². The van der Waals surface area contributed by atoms with Crippen LogP contribution in [0.1, 0.15) is 27.6 Å². The lowest BCUT2D eigenvalue weighted by atomic mass is 10.1. The monoisotopic (exact) mass is 367 g/mol. The lowest BCUT2D eigenvalue weighted by molar-refractivity contribution is 0.0766. The minimum absolute atomic E-state index is 0.176. The van der Waals surface area contributed by atoms with E-state index in [9.17, 15) is 13.6 Å². The fraction of sp³-hybridized carbons (Fsp3) is 0.278. The fourth-order valence-corrected chi connectivity index (χ4v) is 4.37. The SMILES string of the molecule is O=C(c1ccc(F)c(F)c1)N1CCSC(c2ccccc2Cl)CC1. The third kappa shape index (κ3) is 3.73. The maximum atomic E-state index is 13.4. The average molecular weight is 368 g/mol. The molecular formula is C18H16ClF2NOS. The Morgan fingerprint density at radius 1 is 1.12 bits per heavy atom. The Morgan fingerprint density at radius 2 is 1.92 bits per heavy atom. The van der Waals surface area contributed by atoms with E-state index in [-0.39, 0.29) is 16.7 Å². The second-order valence-corrected chi connectivity index (χ2v) is 7.31. The van der Waals surface area contributed by atoms with Crippen LogP contribution in [0.3, 0.4) is 0 Å². The Balaban J connectivity index is 1.72. The largest absolute Gasteiger partial charge is 0.338 e. The van der Waals surface area contributed by atoms with Gasteiger partial charge >= 0.3 is 0 Å². The summed E-state index contributed by atoms with van der Waals surface area (Å²) in [5, 5.41) is 0.955. The van der Waals surface area contributed by atoms with Gasteiger partial charge in [0, 0.05) is 34.7 Å². The van der Waals surface area contributed by atoms with Crippen molar-refractivity contribution in [3.8, 4) is 0 Å². The van der Waals surface area contributed by atoms with E-state index in [2.05, 4.69) is 0 Å². The second kappa shape index (κ2) is 7.53. The van der Waals surface area contributed by atoms with Crippen molar-refractivity contribution in [3.05, 3.63) is 70.2 Å². The van der Waals surface area contributed by atoms with Gasteiger partial charge in [-0.25, -0.2) is 8.78 Å².